The minimum atomic E-state index is -1.19. The lowest BCUT2D eigenvalue weighted by Crippen LogP contribution is -2.41. The number of hydrogen-bond acceptors (Lipinski definition) is 4. The molecule has 18 heavy (non-hydrogen) atoms. The third-order valence-corrected chi connectivity index (χ3v) is 2.19. The van der Waals surface area contributed by atoms with Crippen molar-refractivity contribution in [3.05, 3.63) is 11.1 Å². The van der Waals surface area contributed by atoms with Crippen molar-refractivity contribution < 1.29 is 24.2 Å². The molecule has 0 unspecified atom stereocenters. The van der Waals surface area contributed by atoms with Crippen molar-refractivity contribution in [3.63, 3.8) is 0 Å². The molecule has 0 radical (unpaired) electrons. The number of nitrogens with one attached hydrogen (secondary N) is 2. The highest BCUT2D eigenvalue weighted by molar-refractivity contribution is 6.07. The lowest BCUT2D eigenvalue weighted by molar-refractivity contribution is -0.133. The van der Waals surface area contributed by atoms with Crippen LogP contribution in [0.2, 0.25) is 0 Å². The van der Waals surface area contributed by atoms with Gasteiger partial charge < -0.3 is 15.2 Å². The molecule has 0 aromatic rings. The van der Waals surface area contributed by atoms with Crippen molar-refractivity contribution >= 4 is 17.9 Å². The van der Waals surface area contributed by atoms with Gasteiger partial charge in [-0.15, -0.1) is 0 Å². The number of carbonyl (C=O) groups is 3. The van der Waals surface area contributed by atoms with Crippen LogP contribution in [0.5, 0.6) is 0 Å². The number of aliphatic carboxylic acids is 1. The average molecular weight is 258 g/mol. The van der Waals surface area contributed by atoms with Gasteiger partial charge in [-0.2, -0.15) is 0 Å². The Balaban J connectivity index is 4.20. The molecule has 0 aromatic heterocycles. The van der Waals surface area contributed by atoms with Gasteiger partial charge in [0.15, 0.2) is 0 Å². The zero-order chi connectivity index (χ0) is 14.1. The van der Waals surface area contributed by atoms with E-state index in [0.29, 0.717) is 13.2 Å². The van der Waals surface area contributed by atoms with E-state index in [1.54, 1.807) is 0 Å². The van der Waals surface area contributed by atoms with Crippen LogP contribution in [0.3, 0.4) is 0 Å². The number of carbonyl (C=O) groups excluding carboxylic acids is 2. The Hall–Kier alpha value is -1.89. The van der Waals surface area contributed by atoms with Crippen LogP contribution in [0.4, 0.5) is 4.79 Å². The van der Waals surface area contributed by atoms with Crippen LogP contribution >= 0.6 is 0 Å². The highest BCUT2D eigenvalue weighted by Crippen LogP contribution is 2.02. The Bertz CT molecular complexity index is 362. The molecule has 0 fully saturated rings. The number of ether oxygens (including phenoxy) is 1. The topological polar surface area (TPSA) is 105 Å². The fourth-order valence-corrected chi connectivity index (χ4v) is 0.953. The molecular weight excluding hydrogens is 240 g/mol. The molecule has 0 saturated heterocycles. The number of imide groups is 1. The summed E-state index contributed by atoms with van der Waals surface area (Å²) < 4.78 is 4.99. The first-order valence-electron chi connectivity index (χ1n) is 5.47. The first kappa shape index (κ1) is 16.1. The molecule has 7 nitrogen and oxygen atoms in total. The molecule has 3 amide bonds. The molecule has 0 aliphatic rings. The van der Waals surface area contributed by atoms with Gasteiger partial charge in [0.05, 0.1) is 6.61 Å². The average Bonchev–Trinajstić information content (AvgIpc) is 2.32. The molecule has 0 aliphatic heterocycles. The molecule has 0 heterocycles. The van der Waals surface area contributed by atoms with E-state index in [1.165, 1.54) is 13.8 Å². The fraction of sp³-hybridized carbons (Fsp3) is 0.545. The summed E-state index contributed by atoms with van der Waals surface area (Å²) in [6.07, 6.45) is 0. The Morgan fingerprint density at radius 2 is 1.78 bits per heavy atom. The summed E-state index contributed by atoms with van der Waals surface area (Å²) in [5, 5.41) is 13.1. The van der Waals surface area contributed by atoms with Crippen molar-refractivity contribution in [2.75, 3.05) is 19.8 Å². The lowest BCUT2D eigenvalue weighted by atomic mass is 10.1. The van der Waals surface area contributed by atoms with E-state index in [0.717, 1.165) is 0 Å². The maximum atomic E-state index is 11.5. The van der Waals surface area contributed by atoms with Crippen LogP contribution in [0.15, 0.2) is 11.1 Å². The molecule has 0 saturated carbocycles. The van der Waals surface area contributed by atoms with Crippen LogP contribution in [-0.2, 0) is 14.3 Å². The summed E-state index contributed by atoms with van der Waals surface area (Å²) in [7, 11) is 0. The third-order valence-electron chi connectivity index (χ3n) is 2.19. The van der Waals surface area contributed by atoms with Crippen molar-refractivity contribution in [3.8, 4) is 0 Å². The molecule has 3 N–H and O–H groups in total. The van der Waals surface area contributed by atoms with Gasteiger partial charge in [-0.1, -0.05) is 0 Å². The number of urea groups is 1. The van der Waals surface area contributed by atoms with Crippen LogP contribution in [0, 0.1) is 0 Å². The predicted octanol–water partition coefficient (Wildman–Crippen LogP) is 0.270. The van der Waals surface area contributed by atoms with Gasteiger partial charge in [0.1, 0.15) is 0 Å². The second-order valence-electron chi connectivity index (χ2n) is 3.46. The number of amides is 3. The zero-order valence-corrected chi connectivity index (χ0v) is 10.7. The molecule has 0 atom stereocenters. The lowest BCUT2D eigenvalue weighted by Gasteiger charge is -2.07. The summed E-state index contributed by atoms with van der Waals surface area (Å²) >= 11 is 0. The fourth-order valence-electron chi connectivity index (χ4n) is 0.953. The van der Waals surface area contributed by atoms with E-state index >= 15 is 0 Å². The Morgan fingerprint density at radius 1 is 1.17 bits per heavy atom. The minimum absolute atomic E-state index is 0.0116. The molecule has 7 heteroatoms. The zero-order valence-electron chi connectivity index (χ0n) is 10.7. The van der Waals surface area contributed by atoms with Crippen molar-refractivity contribution in [2.24, 2.45) is 0 Å². The van der Waals surface area contributed by atoms with E-state index in [-0.39, 0.29) is 17.7 Å². The highest BCUT2D eigenvalue weighted by atomic mass is 16.5. The van der Waals surface area contributed by atoms with Gasteiger partial charge in [-0.3, -0.25) is 10.1 Å². The standard InChI is InChI=1S/C11H18N2O5/c1-4-18-6-5-12-11(17)13-9(14)7(2)8(3)10(15)16/h4-6H2,1-3H3,(H,15,16)(H2,12,13,14,17). The Labute approximate surface area is 105 Å². The van der Waals surface area contributed by atoms with Gasteiger partial charge in [0, 0.05) is 24.3 Å². The van der Waals surface area contributed by atoms with Gasteiger partial charge >= 0.3 is 12.0 Å². The van der Waals surface area contributed by atoms with E-state index in [2.05, 4.69) is 5.32 Å². The summed E-state index contributed by atoms with van der Waals surface area (Å²) in [6.45, 7) is 5.62. The predicted molar refractivity (Wildman–Crippen MR) is 64.0 cm³/mol. The second-order valence-corrected chi connectivity index (χ2v) is 3.46. The van der Waals surface area contributed by atoms with Crippen molar-refractivity contribution in [1.82, 2.24) is 10.6 Å². The van der Waals surface area contributed by atoms with E-state index in [1.807, 2.05) is 12.2 Å². The first-order chi connectivity index (χ1) is 8.40. The Kier molecular flexibility index (Phi) is 7.37. The highest BCUT2D eigenvalue weighted by Gasteiger charge is 2.14. The van der Waals surface area contributed by atoms with E-state index in [4.69, 9.17) is 9.84 Å². The molecule has 0 rings (SSSR count). The molecule has 0 bridgehead atoms. The maximum absolute atomic E-state index is 11.5. The van der Waals surface area contributed by atoms with E-state index in [9.17, 15) is 14.4 Å². The molecule has 0 spiro atoms. The van der Waals surface area contributed by atoms with Crippen LogP contribution in [0.1, 0.15) is 20.8 Å². The van der Waals surface area contributed by atoms with Crippen LogP contribution in [-0.4, -0.2) is 42.8 Å². The normalized spacial score (nSPS) is 11.5. The molecule has 0 aliphatic carbocycles. The second kappa shape index (κ2) is 8.24. The summed E-state index contributed by atoms with van der Waals surface area (Å²) in [5.41, 5.74) is -0.114. The first-order valence-corrected chi connectivity index (χ1v) is 5.47. The monoisotopic (exact) mass is 258 g/mol. The summed E-state index contributed by atoms with van der Waals surface area (Å²) in [5.74, 6) is -1.93. The smallest absolute Gasteiger partial charge is 0.331 e. The molecular formula is C11H18N2O5. The Morgan fingerprint density at radius 3 is 2.28 bits per heavy atom. The molecule has 102 valence electrons. The molecule has 0 aromatic carbocycles. The van der Waals surface area contributed by atoms with E-state index < -0.39 is 17.9 Å². The number of hydrogen-bond donors (Lipinski definition) is 3. The van der Waals surface area contributed by atoms with Crippen LogP contribution in [0.25, 0.3) is 0 Å². The summed E-state index contributed by atoms with van der Waals surface area (Å²) in [6, 6.07) is -0.683. The number of rotatable bonds is 6. The SMILES string of the molecule is CCOCCNC(=O)NC(=O)C(C)=C(C)C(=O)O. The maximum Gasteiger partial charge on any atom is 0.331 e. The largest absolute Gasteiger partial charge is 0.478 e. The number of carboxylic acids is 1. The van der Waals surface area contributed by atoms with Crippen molar-refractivity contribution in [1.29, 1.82) is 0 Å². The minimum Gasteiger partial charge on any atom is -0.478 e. The third kappa shape index (κ3) is 6.00. The quantitative estimate of drug-likeness (QED) is 0.468. The van der Waals surface area contributed by atoms with Crippen molar-refractivity contribution in [2.45, 2.75) is 20.8 Å². The van der Waals surface area contributed by atoms with Gasteiger partial charge in [-0.05, 0) is 20.8 Å². The van der Waals surface area contributed by atoms with Gasteiger partial charge in [0.25, 0.3) is 5.91 Å². The number of carboxylic acid groups (broad SMARTS) is 1. The van der Waals surface area contributed by atoms with Gasteiger partial charge in [0.2, 0.25) is 0 Å². The van der Waals surface area contributed by atoms with Crippen LogP contribution < -0.4 is 10.6 Å². The summed E-state index contributed by atoms with van der Waals surface area (Å²) in [4.78, 5) is 33.3. The van der Waals surface area contributed by atoms with Gasteiger partial charge in [-0.25, -0.2) is 9.59 Å².